The quantitative estimate of drug-likeness (QED) is 0.700. The highest BCUT2D eigenvalue weighted by molar-refractivity contribution is 5.86. The molecule has 9 heteroatoms. The second-order valence-corrected chi connectivity index (χ2v) is 4.37. The lowest BCUT2D eigenvalue weighted by Gasteiger charge is -2.11. The SMILES string of the molecule is COC(Cc1cccn2c(C(=O)O)cnc12)c1nn[nH]n1. The number of carboxylic acid groups (broad SMARTS) is 1. The van der Waals surface area contributed by atoms with Crippen LogP contribution >= 0.6 is 0 Å². The van der Waals surface area contributed by atoms with Gasteiger partial charge in [0.05, 0.1) is 6.20 Å². The fourth-order valence-electron chi connectivity index (χ4n) is 2.17. The van der Waals surface area contributed by atoms with Crippen molar-refractivity contribution >= 4 is 11.6 Å². The van der Waals surface area contributed by atoms with Gasteiger partial charge in [0.15, 0.2) is 5.69 Å². The van der Waals surface area contributed by atoms with E-state index in [2.05, 4.69) is 25.6 Å². The molecule has 0 aliphatic rings. The number of aromatic carboxylic acids is 1. The van der Waals surface area contributed by atoms with Crippen LogP contribution in [0.15, 0.2) is 24.5 Å². The Morgan fingerprint density at radius 1 is 1.57 bits per heavy atom. The van der Waals surface area contributed by atoms with Gasteiger partial charge in [-0.2, -0.15) is 5.21 Å². The summed E-state index contributed by atoms with van der Waals surface area (Å²) in [6.07, 6.45) is 3.05. The Balaban J connectivity index is 1.99. The first-order chi connectivity index (χ1) is 10.2. The van der Waals surface area contributed by atoms with Gasteiger partial charge in [0.2, 0.25) is 5.82 Å². The number of rotatable bonds is 5. The maximum Gasteiger partial charge on any atom is 0.354 e. The zero-order valence-electron chi connectivity index (χ0n) is 11.1. The second-order valence-electron chi connectivity index (χ2n) is 4.37. The third-order valence-corrected chi connectivity index (χ3v) is 3.18. The molecule has 0 aliphatic carbocycles. The van der Waals surface area contributed by atoms with Crippen molar-refractivity contribution < 1.29 is 14.6 Å². The van der Waals surface area contributed by atoms with Crippen molar-refractivity contribution in [3.63, 3.8) is 0 Å². The van der Waals surface area contributed by atoms with E-state index in [0.29, 0.717) is 17.9 Å². The third-order valence-electron chi connectivity index (χ3n) is 3.18. The van der Waals surface area contributed by atoms with Gasteiger partial charge >= 0.3 is 5.97 Å². The molecule has 108 valence electrons. The summed E-state index contributed by atoms with van der Waals surface area (Å²) < 4.78 is 6.89. The zero-order valence-corrected chi connectivity index (χ0v) is 11.1. The number of tetrazole rings is 1. The standard InChI is InChI=1S/C12H12N6O3/c1-21-9(10-14-16-17-15-10)5-7-3-2-4-18-8(12(19)20)6-13-11(7)18/h2-4,6,9H,5H2,1H3,(H,19,20)(H,14,15,16,17). The molecule has 0 aromatic carbocycles. The summed E-state index contributed by atoms with van der Waals surface area (Å²) in [7, 11) is 1.55. The smallest absolute Gasteiger partial charge is 0.354 e. The number of nitrogens with one attached hydrogen (secondary N) is 1. The highest BCUT2D eigenvalue weighted by atomic mass is 16.5. The first kappa shape index (κ1) is 13.2. The van der Waals surface area contributed by atoms with Crippen LogP contribution in [0.3, 0.4) is 0 Å². The second kappa shape index (κ2) is 5.29. The summed E-state index contributed by atoms with van der Waals surface area (Å²) in [4.78, 5) is 15.3. The predicted octanol–water partition coefficient (Wildman–Crippen LogP) is 0.476. The van der Waals surface area contributed by atoms with E-state index in [1.165, 1.54) is 10.6 Å². The number of hydrogen-bond acceptors (Lipinski definition) is 6. The van der Waals surface area contributed by atoms with E-state index in [-0.39, 0.29) is 11.8 Å². The van der Waals surface area contributed by atoms with E-state index >= 15 is 0 Å². The molecule has 0 fully saturated rings. The average Bonchev–Trinajstić information content (AvgIpc) is 3.13. The van der Waals surface area contributed by atoms with Gasteiger partial charge in [0.1, 0.15) is 11.8 Å². The molecule has 0 spiro atoms. The Morgan fingerprint density at radius 2 is 2.43 bits per heavy atom. The molecule has 3 heterocycles. The third kappa shape index (κ3) is 2.34. The van der Waals surface area contributed by atoms with Crippen LogP contribution in [0, 0.1) is 0 Å². The number of aromatic amines is 1. The number of pyridine rings is 1. The van der Waals surface area contributed by atoms with Crippen LogP contribution in [0.25, 0.3) is 5.65 Å². The van der Waals surface area contributed by atoms with E-state index in [1.54, 1.807) is 19.4 Å². The Bertz CT molecular complexity index is 766. The Hall–Kier alpha value is -2.81. The Kier molecular flexibility index (Phi) is 3.32. The summed E-state index contributed by atoms with van der Waals surface area (Å²) in [5.74, 6) is -0.592. The normalized spacial score (nSPS) is 12.6. The molecule has 2 N–H and O–H groups in total. The number of methoxy groups -OCH3 is 1. The van der Waals surface area contributed by atoms with Crippen molar-refractivity contribution in [2.24, 2.45) is 0 Å². The number of fused-ring (bicyclic) bond motifs is 1. The Labute approximate surface area is 118 Å². The summed E-state index contributed by atoms with van der Waals surface area (Å²) in [6.45, 7) is 0. The van der Waals surface area contributed by atoms with E-state index in [1.807, 2.05) is 6.07 Å². The number of imidazole rings is 1. The van der Waals surface area contributed by atoms with Gasteiger partial charge in [-0.1, -0.05) is 11.3 Å². The van der Waals surface area contributed by atoms with Gasteiger partial charge in [-0.3, -0.25) is 4.40 Å². The van der Waals surface area contributed by atoms with Crippen molar-refractivity contribution in [1.29, 1.82) is 0 Å². The van der Waals surface area contributed by atoms with E-state index in [0.717, 1.165) is 5.56 Å². The number of nitrogens with zero attached hydrogens (tertiary/aromatic N) is 5. The van der Waals surface area contributed by atoms with Gasteiger partial charge < -0.3 is 9.84 Å². The molecule has 0 saturated heterocycles. The van der Waals surface area contributed by atoms with Gasteiger partial charge in [-0.05, 0) is 11.6 Å². The van der Waals surface area contributed by atoms with Gasteiger partial charge in [-0.25, -0.2) is 9.78 Å². The van der Waals surface area contributed by atoms with E-state index in [9.17, 15) is 4.79 Å². The number of carboxylic acids is 1. The van der Waals surface area contributed by atoms with Crippen molar-refractivity contribution in [3.05, 3.63) is 41.6 Å². The minimum Gasteiger partial charge on any atom is -0.477 e. The van der Waals surface area contributed by atoms with Crippen molar-refractivity contribution in [2.45, 2.75) is 12.5 Å². The van der Waals surface area contributed by atoms with Gasteiger partial charge in [-0.15, -0.1) is 10.2 Å². The number of aromatic nitrogens is 6. The van der Waals surface area contributed by atoms with Crippen LogP contribution in [0.5, 0.6) is 0 Å². The molecule has 3 aromatic heterocycles. The highest BCUT2D eigenvalue weighted by Crippen LogP contribution is 2.21. The minimum atomic E-state index is -1.03. The molecule has 3 rings (SSSR count). The maximum absolute atomic E-state index is 11.1. The first-order valence-corrected chi connectivity index (χ1v) is 6.15. The minimum absolute atomic E-state index is 0.111. The van der Waals surface area contributed by atoms with E-state index < -0.39 is 5.97 Å². The summed E-state index contributed by atoms with van der Waals surface area (Å²) in [5.41, 5.74) is 1.52. The molecule has 1 unspecified atom stereocenters. The molecule has 3 aromatic rings. The molecule has 1 atom stereocenters. The fourth-order valence-corrected chi connectivity index (χ4v) is 2.17. The lowest BCUT2D eigenvalue weighted by molar-refractivity contribution is 0.0689. The molecule has 0 aliphatic heterocycles. The van der Waals surface area contributed by atoms with Crippen LogP contribution in [0.1, 0.15) is 28.0 Å². The van der Waals surface area contributed by atoms with Crippen molar-refractivity contribution in [3.8, 4) is 0 Å². The monoisotopic (exact) mass is 288 g/mol. The molecule has 9 nitrogen and oxygen atoms in total. The molecule has 0 radical (unpaired) electrons. The molecule has 0 bridgehead atoms. The maximum atomic E-state index is 11.1. The lowest BCUT2D eigenvalue weighted by atomic mass is 10.1. The Morgan fingerprint density at radius 3 is 3.10 bits per heavy atom. The number of hydrogen-bond donors (Lipinski definition) is 2. The largest absolute Gasteiger partial charge is 0.477 e. The molecule has 0 amide bonds. The van der Waals surface area contributed by atoms with Crippen molar-refractivity contribution in [1.82, 2.24) is 30.0 Å². The lowest BCUT2D eigenvalue weighted by Crippen LogP contribution is -2.09. The number of ether oxygens (including phenoxy) is 1. The topological polar surface area (TPSA) is 118 Å². The summed E-state index contributed by atoms with van der Waals surface area (Å²) in [6, 6.07) is 3.62. The van der Waals surface area contributed by atoms with Gasteiger partial charge in [0, 0.05) is 19.7 Å². The average molecular weight is 288 g/mol. The summed E-state index contributed by atoms with van der Waals surface area (Å²) >= 11 is 0. The molecule has 0 saturated carbocycles. The highest BCUT2D eigenvalue weighted by Gasteiger charge is 2.19. The van der Waals surface area contributed by atoms with E-state index in [4.69, 9.17) is 9.84 Å². The van der Waals surface area contributed by atoms with Crippen molar-refractivity contribution in [2.75, 3.05) is 7.11 Å². The zero-order chi connectivity index (χ0) is 14.8. The van der Waals surface area contributed by atoms with Crippen LogP contribution in [0.2, 0.25) is 0 Å². The predicted molar refractivity (Wildman–Crippen MR) is 69.8 cm³/mol. The van der Waals surface area contributed by atoms with Crippen LogP contribution < -0.4 is 0 Å². The van der Waals surface area contributed by atoms with Crippen LogP contribution in [0.4, 0.5) is 0 Å². The number of carbonyl (C=O) groups is 1. The first-order valence-electron chi connectivity index (χ1n) is 6.15. The van der Waals surface area contributed by atoms with Gasteiger partial charge in [0.25, 0.3) is 0 Å². The van der Waals surface area contributed by atoms with Crippen LogP contribution in [-0.4, -0.2) is 48.2 Å². The molecule has 21 heavy (non-hydrogen) atoms. The molecular formula is C12H12N6O3. The fraction of sp³-hybridized carbons (Fsp3) is 0.250. The molecular weight excluding hydrogens is 276 g/mol. The number of H-pyrrole nitrogens is 1. The summed E-state index contributed by atoms with van der Waals surface area (Å²) in [5, 5.41) is 22.8. The van der Waals surface area contributed by atoms with Crippen LogP contribution in [-0.2, 0) is 11.2 Å².